The summed E-state index contributed by atoms with van der Waals surface area (Å²) < 4.78 is 0. The highest BCUT2D eigenvalue weighted by Gasteiger charge is 2.14. The monoisotopic (exact) mass is 155 g/mol. The molecule has 0 bridgehead atoms. The average Bonchev–Trinajstić information content (AvgIpc) is 1.84. The zero-order valence-electron chi connectivity index (χ0n) is 6.42. The Bertz CT molecular complexity index is 165. The van der Waals surface area contributed by atoms with Crippen LogP contribution in [0.2, 0.25) is 0 Å². The molecule has 0 radical (unpaired) electrons. The molecule has 0 aromatic rings. The number of carbonyl (C=O) groups is 1. The van der Waals surface area contributed by atoms with Crippen LogP contribution in [0.4, 0.5) is 0 Å². The minimum Gasteiger partial charge on any atom is -0.480 e. The van der Waals surface area contributed by atoms with Crippen molar-refractivity contribution in [3.8, 4) is 0 Å². The van der Waals surface area contributed by atoms with Gasteiger partial charge in [-0.15, -0.1) is 0 Å². The number of carboxylic acid groups (broad SMARTS) is 1. The van der Waals surface area contributed by atoms with Crippen LogP contribution in [0.1, 0.15) is 19.3 Å². The molecule has 1 rings (SSSR count). The Morgan fingerprint density at radius 3 is 3.09 bits per heavy atom. The van der Waals surface area contributed by atoms with Crippen molar-refractivity contribution in [2.75, 3.05) is 6.54 Å². The van der Waals surface area contributed by atoms with E-state index in [-0.39, 0.29) is 6.04 Å². The van der Waals surface area contributed by atoms with E-state index in [0.717, 1.165) is 19.4 Å². The second kappa shape index (κ2) is 4.13. The lowest BCUT2D eigenvalue weighted by molar-refractivity contribution is -0.139. The minimum atomic E-state index is -0.753. The number of nitrogens with one attached hydrogen (secondary N) is 1. The van der Waals surface area contributed by atoms with Gasteiger partial charge in [0.25, 0.3) is 0 Å². The van der Waals surface area contributed by atoms with Crippen molar-refractivity contribution >= 4 is 5.97 Å². The van der Waals surface area contributed by atoms with E-state index in [4.69, 9.17) is 5.11 Å². The average molecular weight is 155 g/mol. The highest BCUT2D eigenvalue weighted by atomic mass is 16.4. The van der Waals surface area contributed by atoms with Gasteiger partial charge in [0, 0.05) is 0 Å². The molecular weight excluding hydrogens is 142 g/mol. The number of rotatable bonds is 1. The second-order valence-corrected chi connectivity index (χ2v) is 2.69. The molecule has 1 aliphatic heterocycles. The normalized spacial score (nSPS) is 28.5. The third-order valence-corrected chi connectivity index (χ3v) is 1.77. The second-order valence-electron chi connectivity index (χ2n) is 2.69. The Morgan fingerprint density at radius 1 is 1.55 bits per heavy atom. The Labute approximate surface area is 66.1 Å². The van der Waals surface area contributed by atoms with E-state index in [2.05, 4.69) is 11.4 Å². The third-order valence-electron chi connectivity index (χ3n) is 1.77. The van der Waals surface area contributed by atoms with Crippen molar-refractivity contribution in [3.63, 3.8) is 0 Å². The number of allylic oxidation sites excluding steroid dienone is 1. The molecule has 1 atom stereocenters. The molecule has 11 heavy (non-hydrogen) atoms. The van der Waals surface area contributed by atoms with Gasteiger partial charge in [-0.3, -0.25) is 4.79 Å². The van der Waals surface area contributed by atoms with Crippen molar-refractivity contribution < 1.29 is 9.90 Å². The molecule has 0 aromatic carbocycles. The summed E-state index contributed by atoms with van der Waals surface area (Å²) in [6.07, 6.45) is 6.68. The highest BCUT2D eigenvalue weighted by molar-refractivity contribution is 5.73. The summed E-state index contributed by atoms with van der Waals surface area (Å²) in [6.45, 7) is 0.807. The molecule has 0 saturated heterocycles. The summed E-state index contributed by atoms with van der Waals surface area (Å²) in [4.78, 5) is 10.5. The van der Waals surface area contributed by atoms with Gasteiger partial charge in [-0.25, -0.2) is 0 Å². The molecule has 0 saturated carbocycles. The van der Waals surface area contributed by atoms with Crippen LogP contribution in [0.15, 0.2) is 12.2 Å². The SMILES string of the molecule is O=C(O)C1C/C=C\CCCN1. The fraction of sp³-hybridized carbons (Fsp3) is 0.625. The van der Waals surface area contributed by atoms with Gasteiger partial charge in [0.1, 0.15) is 6.04 Å². The summed E-state index contributed by atoms with van der Waals surface area (Å²) in [6, 6.07) is -0.383. The first-order valence-corrected chi connectivity index (χ1v) is 3.92. The van der Waals surface area contributed by atoms with Crippen molar-refractivity contribution in [3.05, 3.63) is 12.2 Å². The number of aliphatic carboxylic acids is 1. The van der Waals surface area contributed by atoms with E-state index >= 15 is 0 Å². The Hall–Kier alpha value is -0.830. The number of carboxylic acids is 1. The molecule has 1 heterocycles. The quantitative estimate of drug-likeness (QED) is 0.550. The van der Waals surface area contributed by atoms with Crippen molar-refractivity contribution in [1.29, 1.82) is 0 Å². The summed E-state index contributed by atoms with van der Waals surface area (Å²) >= 11 is 0. The van der Waals surface area contributed by atoms with Gasteiger partial charge >= 0.3 is 5.97 Å². The van der Waals surface area contributed by atoms with Crippen LogP contribution in [-0.4, -0.2) is 23.7 Å². The van der Waals surface area contributed by atoms with Gasteiger partial charge in [-0.1, -0.05) is 12.2 Å². The van der Waals surface area contributed by atoms with Crippen LogP contribution in [0.25, 0.3) is 0 Å². The lowest BCUT2D eigenvalue weighted by atomic mass is 10.1. The topological polar surface area (TPSA) is 49.3 Å². The molecule has 62 valence electrons. The van der Waals surface area contributed by atoms with Crippen LogP contribution < -0.4 is 5.32 Å². The number of hydrogen-bond acceptors (Lipinski definition) is 2. The van der Waals surface area contributed by atoms with Crippen LogP contribution >= 0.6 is 0 Å². The van der Waals surface area contributed by atoms with Crippen LogP contribution in [0.3, 0.4) is 0 Å². The van der Waals surface area contributed by atoms with Crippen LogP contribution in [-0.2, 0) is 4.79 Å². The molecule has 3 nitrogen and oxygen atoms in total. The molecule has 0 fully saturated rings. The van der Waals surface area contributed by atoms with Gasteiger partial charge in [0.05, 0.1) is 0 Å². The number of hydrogen-bond donors (Lipinski definition) is 2. The lowest BCUT2D eigenvalue weighted by Gasteiger charge is -2.13. The van der Waals surface area contributed by atoms with E-state index in [1.54, 1.807) is 0 Å². The molecule has 2 N–H and O–H groups in total. The molecule has 3 heteroatoms. The van der Waals surface area contributed by atoms with E-state index in [1.807, 2.05) is 6.08 Å². The zero-order valence-corrected chi connectivity index (χ0v) is 6.42. The fourth-order valence-electron chi connectivity index (χ4n) is 1.12. The van der Waals surface area contributed by atoms with Gasteiger partial charge < -0.3 is 10.4 Å². The molecule has 0 aliphatic carbocycles. The molecular formula is C8H13NO2. The summed E-state index contributed by atoms with van der Waals surface area (Å²) in [5.74, 6) is -0.753. The molecule has 0 aromatic heterocycles. The lowest BCUT2D eigenvalue weighted by Crippen LogP contribution is -2.37. The Balaban J connectivity index is 2.45. The summed E-state index contributed by atoms with van der Waals surface area (Å²) in [5.41, 5.74) is 0. The third kappa shape index (κ3) is 2.72. The first-order chi connectivity index (χ1) is 5.30. The van der Waals surface area contributed by atoms with Crippen LogP contribution in [0, 0.1) is 0 Å². The van der Waals surface area contributed by atoms with Crippen molar-refractivity contribution in [2.24, 2.45) is 0 Å². The van der Waals surface area contributed by atoms with Gasteiger partial charge in [0.15, 0.2) is 0 Å². The fourth-order valence-corrected chi connectivity index (χ4v) is 1.12. The van der Waals surface area contributed by atoms with E-state index < -0.39 is 5.97 Å². The van der Waals surface area contributed by atoms with E-state index in [9.17, 15) is 4.79 Å². The maximum Gasteiger partial charge on any atom is 0.321 e. The maximum absolute atomic E-state index is 10.5. The predicted octanol–water partition coefficient (Wildman–Crippen LogP) is 0.769. The molecule has 0 amide bonds. The summed E-state index contributed by atoms with van der Waals surface area (Å²) in [7, 11) is 0. The maximum atomic E-state index is 10.5. The Kier molecular flexibility index (Phi) is 3.11. The molecule has 1 aliphatic rings. The first-order valence-electron chi connectivity index (χ1n) is 3.92. The largest absolute Gasteiger partial charge is 0.480 e. The van der Waals surface area contributed by atoms with E-state index in [1.165, 1.54) is 0 Å². The highest BCUT2D eigenvalue weighted by Crippen LogP contribution is 2.01. The molecule has 0 spiro atoms. The van der Waals surface area contributed by atoms with Gasteiger partial charge in [0.2, 0.25) is 0 Å². The van der Waals surface area contributed by atoms with E-state index in [0.29, 0.717) is 6.42 Å². The van der Waals surface area contributed by atoms with Gasteiger partial charge in [-0.2, -0.15) is 0 Å². The predicted molar refractivity (Wildman–Crippen MR) is 42.4 cm³/mol. The standard InChI is InChI=1S/C8H13NO2/c10-8(11)7-5-3-1-2-4-6-9-7/h1,3,7,9H,2,4-6H2,(H,10,11)/b3-1-. The smallest absolute Gasteiger partial charge is 0.321 e. The zero-order chi connectivity index (χ0) is 8.10. The van der Waals surface area contributed by atoms with Crippen LogP contribution in [0.5, 0.6) is 0 Å². The summed E-state index contributed by atoms with van der Waals surface area (Å²) in [5, 5.41) is 11.6. The molecule has 1 unspecified atom stereocenters. The first kappa shape index (κ1) is 8.27. The Morgan fingerprint density at radius 2 is 2.36 bits per heavy atom. The van der Waals surface area contributed by atoms with Crippen molar-refractivity contribution in [2.45, 2.75) is 25.3 Å². The van der Waals surface area contributed by atoms with Gasteiger partial charge in [-0.05, 0) is 25.8 Å². The minimum absolute atomic E-state index is 0.383. The van der Waals surface area contributed by atoms with Crippen molar-refractivity contribution in [1.82, 2.24) is 5.32 Å².